The zero-order valence-corrected chi connectivity index (χ0v) is 20.6. The van der Waals surface area contributed by atoms with E-state index in [1.165, 1.54) is 0 Å². The lowest BCUT2D eigenvalue weighted by Gasteiger charge is -2.22. The van der Waals surface area contributed by atoms with E-state index in [0.717, 1.165) is 30.2 Å². The third-order valence-electron chi connectivity index (χ3n) is 6.69. The van der Waals surface area contributed by atoms with Crippen LogP contribution in [0, 0.1) is 0 Å². The summed E-state index contributed by atoms with van der Waals surface area (Å²) in [7, 11) is 1.84. The lowest BCUT2D eigenvalue weighted by Crippen LogP contribution is -2.34. The van der Waals surface area contributed by atoms with Gasteiger partial charge in [0.15, 0.2) is 11.5 Å². The molecule has 1 aliphatic rings. The predicted octanol–water partition coefficient (Wildman–Crippen LogP) is 3.52. The van der Waals surface area contributed by atoms with E-state index >= 15 is 0 Å². The molecule has 10 nitrogen and oxygen atoms in total. The molecule has 1 amide bonds. The maximum Gasteiger partial charge on any atom is 0.242 e. The molecule has 10 heteroatoms. The van der Waals surface area contributed by atoms with Gasteiger partial charge < -0.3 is 11.1 Å². The van der Waals surface area contributed by atoms with Crippen LogP contribution in [-0.4, -0.2) is 40.6 Å². The molecule has 5 heterocycles. The van der Waals surface area contributed by atoms with Gasteiger partial charge in [-0.05, 0) is 30.9 Å². The first-order valence-electron chi connectivity index (χ1n) is 11.9. The van der Waals surface area contributed by atoms with Gasteiger partial charge in [-0.2, -0.15) is 5.10 Å². The standard InChI is InChI=1S/C25H29N9O/c1-6-7-8-17-29-19(15-12-28-34(5)23(15)30-17)22-31-20(26)18-21(32-22)33-24(35)25(18,4)16-10-9-14(11-27-16)13(2)3/h9-13H,6-8H2,1-5H3,(H3,26,31,32,33,35). The number of hydrogen-bond acceptors (Lipinski definition) is 8. The Hall–Kier alpha value is -3.95. The highest BCUT2D eigenvalue weighted by molar-refractivity contribution is 6.09. The van der Waals surface area contributed by atoms with E-state index in [9.17, 15) is 4.79 Å². The Balaban J connectivity index is 1.64. The van der Waals surface area contributed by atoms with Crippen molar-refractivity contribution in [1.82, 2.24) is 34.7 Å². The Kier molecular flexibility index (Phi) is 5.46. The summed E-state index contributed by atoms with van der Waals surface area (Å²) in [4.78, 5) is 36.6. The zero-order valence-electron chi connectivity index (χ0n) is 20.6. The first kappa shape index (κ1) is 22.8. The monoisotopic (exact) mass is 471 g/mol. The maximum atomic E-state index is 13.2. The summed E-state index contributed by atoms with van der Waals surface area (Å²) in [5.41, 5.74) is 8.86. The molecule has 1 aliphatic heterocycles. The number of nitrogen functional groups attached to an aromatic ring is 1. The van der Waals surface area contributed by atoms with Crippen LogP contribution in [0.15, 0.2) is 24.5 Å². The molecule has 35 heavy (non-hydrogen) atoms. The first-order chi connectivity index (χ1) is 16.7. The second kappa shape index (κ2) is 8.37. The van der Waals surface area contributed by atoms with Crippen LogP contribution in [-0.2, 0) is 23.7 Å². The number of fused-ring (bicyclic) bond motifs is 2. The van der Waals surface area contributed by atoms with Crippen molar-refractivity contribution < 1.29 is 4.79 Å². The quantitative estimate of drug-likeness (QED) is 0.436. The number of rotatable bonds is 6. The highest BCUT2D eigenvalue weighted by Gasteiger charge is 2.48. The van der Waals surface area contributed by atoms with Gasteiger partial charge in [0.25, 0.3) is 0 Å². The van der Waals surface area contributed by atoms with Gasteiger partial charge in [-0.1, -0.05) is 33.3 Å². The lowest BCUT2D eigenvalue weighted by atomic mass is 9.80. The number of amides is 1. The Morgan fingerprint density at radius 2 is 1.94 bits per heavy atom. The minimum atomic E-state index is -1.10. The molecule has 1 atom stereocenters. The van der Waals surface area contributed by atoms with E-state index in [1.807, 2.05) is 19.2 Å². The van der Waals surface area contributed by atoms with Gasteiger partial charge in [0, 0.05) is 19.7 Å². The van der Waals surface area contributed by atoms with E-state index in [2.05, 4.69) is 46.1 Å². The van der Waals surface area contributed by atoms with Gasteiger partial charge in [-0.15, -0.1) is 0 Å². The molecule has 4 aromatic heterocycles. The number of pyridine rings is 1. The minimum absolute atomic E-state index is 0.214. The second-order valence-corrected chi connectivity index (χ2v) is 9.46. The fourth-order valence-corrected chi connectivity index (χ4v) is 4.48. The highest BCUT2D eigenvalue weighted by atomic mass is 16.2. The first-order valence-corrected chi connectivity index (χ1v) is 11.9. The Morgan fingerprint density at radius 1 is 1.14 bits per heavy atom. The third kappa shape index (κ3) is 3.60. The van der Waals surface area contributed by atoms with Crippen molar-refractivity contribution in [3.63, 3.8) is 0 Å². The number of anilines is 2. The number of aromatic nitrogens is 7. The smallest absolute Gasteiger partial charge is 0.242 e. The highest BCUT2D eigenvalue weighted by Crippen LogP contribution is 2.44. The molecular formula is C25H29N9O. The van der Waals surface area contributed by atoms with Crippen molar-refractivity contribution in [2.24, 2.45) is 7.05 Å². The van der Waals surface area contributed by atoms with Crippen molar-refractivity contribution in [2.75, 3.05) is 11.1 Å². The van der Waals surface area contributed by atoms with Crippen LogP contribution >= 0.6 is 0 Å². The van der Waals surface area contributed by atoms with Crippen LogP contribution in [0.2, 0.25) is 0 Å². The van der Waals surface area contributed by atoms with E-state index in [4.69, 9.17) is 15.7 Å². The molecule has 5 rings (SSSR count). The van der Waals surface area contributed by atoms with Crippen LogP contribution in [0.5, 0.6) is 0 Å². The van der Waals surface area contributed by atoms with E-state index < -0.39 is 5.41 Å². The van der Waals surface area contributed by atoms with Crippen molar-refractivity contribution in [3.05, 3.63) is 47.2 Å². The van der Waals surface area contributed by atoms with Crippen LogP contribution in [0.4, 0.5) is 11.6 Å². The summed E-state index contributed by atoms with van der Waals surface area (Å²) < 4.78 is 1.71. The summed E-state index contributed by atoms with van der Waals surface area (Å²) in [6, 6.07) is 3.87. The number of carbonyl (C=O) groups is 1. The lowest BCUT2D eigenvalue weighted by molar-refractivity contribution is -0.119. The molecule has 0 aromatic carbocycles. The molecule has 3 N–H and O–H groups in total. The summed E-state index contributed by atoms with van der Waals surface area (Å²) in [6.07, 6.45) is 6.23. The zero-order chi connectivity index (χ0) is 24.9. The summed E-state index contributed by atoms with van der Waals surface area (Å²) in [5.74, 6) is 1.71. The summed E-state index contributed by atoms with van der Waals surface area (Å²) >= 11 is 0. The molecule has 0 fully saturated rings. The molecule has 180 valence electrons. The second-order valence-electron chi connectivity index (χ2n) is 9.46. The number of hydrogen-bond donors (Lipinski definition) is 2. The van der Waals surface area contributed by atoms with Crippen LogP contribution in [0.25, 0.3) is 22.6 Å². The number of nitrogens with zero attached hydrogens (tertiary/aromatic N) is 7. The molecule has 0 bridgehead atoms. The van der Waals surface area contributed by atoms with Crippen LogP contribution < -0.4 is 11.1 Å². The maximum absolute atomic E-state index is 13.2. The molecule has 4 aromatic rings. The summed E-state index contributed by atoms with van der Waals surface area (Å²) in [6.45, 7) is 8.13. The van der Waals surface area contributed by atoms with E-state index in [0.29, 0.717) is 46.0 Å². The van der Waals surface area contributed by atoms with Crippen molar-refractivity contribution >= 4 is 28.6 Å². The van der Waals surface area contributed by atoms with E-state index in [-0.39, 0.29) is 11.7 Å². The fraction of sp³-hybridized carbons (Fsp3) is 0.400. The molecule has 1 unspecified atom stereocenters. The van der Waals surface area contributed by atoms with Gasteiger partial charge >= 0.3 is 0 Å². The van der Waals surface area contributed by atoms with Crippen molar-refractivity contribution in [2.45, 2.75) is 58.3 Å². The van der Waals surface area contributed by atoms with E-state index in [1.54, 1.807) is 24.0 Å². The predicted molar refractivity (Wildman–Crippen MR) is 134 cm³/mol. The number of carbonyl (C=O) groups excluding carboxylic acids is 1. The fourth-order valence-electron chi connectivity index (χ4n) is 4.48. The number of nitrogens with two attached hydrogens (primary N) is 1. The normalized spacial score (nSPS) is 17.3. The van der Waals surface area contributed by atoms with Gasteiger partial charge in [-0.3, -0.25) is 14.5 Å². The molecule has 0 radical (unpaired) electrons. The number of aryl methyl sites for hydroxylation is 2. The van der Waals surface area contributed by atoms with Crippen molar-refractivity contribution in [1.29, 1.82) is 0 Å². The average Bonchev–Trinajstić information content (AvgIpc) is 3.34. The topological polar surface area (TPSA) is 137 Å². The molecule has 0 aliphatic carbocycles. The third-order valence-corrected chi connectivity index (χ3v) is 6.69. The Bertz CT molecular complexity index is 1440. The minimum Gasteiger partial charge on any atom is -0.383 e. The van der Waals surface area contributed by atoms with Gasteiger partial charge in [0.05, 0.1) is 22.8 Å². The van der Waals surface area contributed by atoms with Gasteiger partial charge in [0.2, 0.25) is 5.91 Å². The number of nitrogens with one attached hydrogen (secondary N) is 1. The molecule has 0 saturated carbocycles. The molecule has 0 spiro atoms. The summed E-state index contributed by atoms with van der Waals surface area (Å²) in [5, 5.41) is 7.97. The average molecular weight is 472 g/mol. The largest absolute Gasteiger partial charge is 0.383 e. The van der Waals surface area contributed by atoms with Crippen LogP contribution in [0.1, 0.15) is 69.1 Å². The SMILES string of the molecule is CCCCc1nc(-c2nc(N)c3c(n2)NC(=O)C3(C)c2ccc(C(C)C)cn2)c2cnn(C)c2n1. The Morgan fingerprint density at radius 3 is 2.63 bits per heavy atom. The molecule has 0 saturated heterocycles. The van der Waals surface area contributed by atoms with Crippen molar-refractivity contribution in [3.8, 4) is 11.5 Å². The van der Waals surface area contributed by atoms with Gasteiger partial charge in [0.1, 0.15) is 28.6 Å². The van der Waals surface area contributed by atoms with Crippen LogP contribution in [0.3, 0.4) is 0 Å². The Labute approximate surface area is 203 Å². The number of unbranched alkanes of at least 4 members (excludes halogenated alkanes) is 1. The van der Waals surface area contributed by atoms with Gasteiger partial charge in [-0.25, -0.2) is 19.9 Å². The molecular weight excluding hydrogens is 442 g/mol.